The van der Waals surface area contributed by atoms with Crippen LogP contribution in [0.4, 0.5) is 0 Å². The van der Waals surface area contributed by atoms with Gasteiger partial charge in [-0.05, 0) is 34.7 Å². The van der Waals surface area contributed by atoms with Gasteiger partial charge in [-0.1, -0.05) is 72.8 Å². The molecule has 0 heterocycles. The molecule has 0 radical (unpaired) electrons. The molecule has 3 aromatic rings. The van der Waals surface area contributed by atoms with Gasteiger partial charge in [0, 0.05) is 6.54 Å². The Kier molecular flexibility index (Phi) is 6.58. The van der Waals surface area contributed by atoms with Crippen LogP contribution in [0.2, 0.25) is 0 Å². The average Bonchev–Trinajstić information content (AvgIpc) is 2.71. The van der Waals surface area contributed by atoms with Gasteiger partial charge in [0.05, 0.1) is 13.0 Å². The monoisotopic (exact) mass is 360 g/mol. The van der Waals surface area contributed by atoms with Gasteiger partial charge >= 0.3 is 0 Å². The molecule has 0 aliphatic carbocycles. The van der Waals surface area contributed by atoms with Crippen LogP contribution < -0.4 is 10.6 Å². The maximum Gasteiger partial charge on any atom is 0.239 e. The minimum Gasteiger partial charge on any atom is -0.355 e. The molecule has 2 amide bonds. The van der Waals surface area contributed by atoms with E-state index in [1.54, 1.807) is 0 Å². The van der Waals surface area contributed by atoms with Gasteiger partial charge in [0.25, 0.3) is 0 Å². The van der Waals surface area contributed by atoms with E-state index >= 15 is 0 Å². The largest absolute Gasteiger partial charge is 0.355 e. The molecule has 0 bridgehead atoms. The Morgan fingerprint density at radius 2 is 1.48 bits per heavy atom. The fraction of sp³-hybridized carbons (Fsp3) is 0.217. The van der Waals surface area contributed by atoms with Crippen molar-refractivity contribution < 1.29 is 9.59 Å². The maximum atomic E-state index is 12.2. The molecule has 4 heteroatoms. The second-order valence-corrected chi connectivity index (χ2v) is 6.53. The molecule has 2 N–H and O–H groups in total. The van der Waals surface area contributed by atoms with Crippen LogP contribution in [0.1, 0.15) is 17.5 Å². The van der Waals surface area contributed by atoms with Gasteiger partial charge in [0.1, 0.15) is 0 Å². The second kappa shape index (κ2) is 9.53. The molecule has 4 nitrogen and oxygen atoms in total. The van der Waals surface area contributed by atoms with E-state index < -0.39 is 0 Å². The van der Waals surface area contributed by atoms with Gasteiger partial charge in [-0.25, -0.2) is 0 Å². The number of fused-ring (bicyclic) bond motifs is 1. The number of nitrogens with one attached hydrogen (secondary N) is 2. The predicted molar refractivity (Wildman–Crippen MR) is 108 cm³/mol. The Morgan fingerprint density at radius 3 is 2.33 bits per heavy atom. The molecule has 0 spiro atoms. The molecule has 0 aliphatic heterocycles. The van der Waals surface area contributed by atoms with Crippen molar-refractivity contribution in [2.75, 3.05) is 13.1 Å². The second-order valence-electron chi connectivity index (χ2n) is 6.53. The third-order valence-corrected chi connectivity index (χ3v) is 4.48. The summed E-state index contributed by atoms with van der Waals surface area (Å²) in [6, 6.07) is 24.1. The van der Waals surface area contributed by atoms with Crippen molar-refractivity contribution in [1.29, 1.82) is 0 Å². The molecular formula is C23H24N2O2. The van der Waals surface area contributed by atoms with Gasteiger partial charge < -0.3 is 10.6 Å². The van der Waals surface area contributed by atoms with Crippen LogP contribution in [-0.2, 0) is 22.4 Å². The van der Waals surface area contributed by atoms with E-state index in [1.807, 2.05) is 60.7 Å². The first-order valence-corrected chi connectivity index (χ1v) is 9.26. The topological polar surface area (TPSA) is 58.2 Å². The summed E-state index contributed by atoms with van der Waals surface area (Å²) in [6.07, 6.45) is 2.07. The molecule has 27 heavy (non-hydrogen) atoms. The minimum atomic E-state index is -0.158. The van der Waals surface area contributed by atoms with E-state index in [1.165, 1.54) is 5.56 Å². The highest BCUT2D eigenvalue weighted by molar-refractivity contribution is 5.91. The number of benzene rings is 3. The van der Waals surface area contributed by atoms with Crippen molar-refractivity contribution in [3.63, 3.8) is 0 Å². The summed E-state index contributed by atoms with van der Waals surface area (Å²) in [5.41, 5.74) is 2.23. The summed E-state index contributed by atoms with van der Waals surface area (Å²) in [5.74, 6) is -0.305. The zero-order valence-electron chi connectivity index (χ0n) is 15.3. The molecule has 0 saturated heterocycles. The fourth-order valence-electron chi connectivity index (χ4n) is 3.09. The summed E-state index contributed by atoms with van der Waals surface area (Å²) < 4.78 is 0. The van der Waals surface area contributed by atoms with E-state index in [-0.39, 0.29) is 24.8 Å². The lowest BCUT2D eigenvalue weighted by atomic mass is 10.0. The number of amides is 2. The number of hydrogen-bond acceptors (Lipinski definition) is 2. The Labute approximate surface area is 159 Å². The number of carbonyl (C=O) groups is 2. The normalized spacial score (nSPS) is 10.5. The third kappa shape index (κ3) is 5.68. The molecule has 138 valence electrons. The van der Waals surface area contributed by atoms with Crippen molar-refractivity contribution in [3.8, 4) is 0 Å². The molecule has 0 unspecified atom stereocenters. The van der Waals surface area contributed by atoms with Crippen molar-refractivity contribution in [3.05, 3.63) is 83.9 Å². The van der Waals surface area contributed by atoms with Gasteiger partial charge in [0.2, 0.25) is 11.8 Å². The quantitative estimate of drug-likeness (QED) is 0.606. The molecule has 0 atom stereocenters. The van der Waals surface area contributed by atoms with Crippen molar-refractivity contribution in [2.45, 2.75) is 19.3 Å². The van der Waals surface area contributed by atoms with Crippen LogP contribution in [0, 0.1) is 0 Å². The van der Waals surface area contributed by atoms with Gasteiger partial charge in [-0.3, -0.25) is 9.59 Å². The van der Waals surface area contributed by atoms with Crippen molar-refractivity contribution >= 4 is 22.6 Å². The van der Waals surface area contributed by atoms with E-state index in [9.17, 15) is 9.59 Å². The smallest absolute Gasteiger partial charge is 0.239 e. The van der Waals surface area contributed by atoms with Crippen LogP contribution in [0.25, 0.3) is 10.8 Å². The van der Waals surface area contributed by atoms with E-state index in [4.69, 9.17) is 0 Å². The van der Waals surface area contributed by atoms with E-state index in [0.717, 1.165) is 29.2 Å². The first-order valence-electron chi connectivity index (χ1n) is 9.26. The molecule has 3 aromatic carbocycles. The van der Waals surface area contributed by atoms with Crippen LogP contribution >= 0.6 is 0 Å². The summed E-state index contributed by atoms with van der Waals surface area (Å²) in [6.45, 7) is 0.613. The van der Waals surface area contributed by atoms with Crippen LogP contribution in [0.3, 0.4) is 0 Å². The van der Waals surface area contributed by atoms with Gasteiger partial charge in [0.15, 0.2) is 0 Å². The highest BCUT2D eigenvalue weighted by atomic mass is 16.2. The Morgan fingerprint density at radius 1 is 0.741 bits per heavy atom. The highest BCUT2D eigenvalue weighted by Crippen LogP contribution is 2.18. The number of aryl methyl sites for hydroxylation is 1. The van der Waals surface area contributed by atoms with E-state index in [0.29, 0.717) is 6.54 Å². The van der Waals surface area contributed by atoms with Crippen LogP contribution in [0.5, 0.6) is 0 Å². The Bertz CT molecular complexity index is 901. The zero-order valence-corrected chi connectivity index (χ0v) is 15.3. The standard InChI is InChI=1S/C23H24N2O2/c26-22(16-20-13-6-12-19-11-4-5-14-21(19)20)25-17-23(27)24-15-7-10-18-8-2-1-3-9-18/h1-6,8-9,11-14H,7,10,15-17H2,(H,24,27)(H,25,26). The summed E-state index contributed by atoms with van der Waals surface area (Å²) in [7, 11) is 0. The third-order valence-electron chi connectivity index (χ3n) is 4.48. The van der Waals surface area contributed by atoms with E-state index in [2.05, 4.69) is 22.8 Å². The molecule has 0 saturated carbocycles. The Balaban J connectivity index is 1.39. The van der Waals surface area contributed by atoms with Gasteiger partial charge in [-0.2, -0.15) is 0 Å². The van der Waals surface area contributed by atoms with Crippen molar-refractivity contribution in [1.82, 2.24) is 10.6 Å². The molecular weight excluding hydrogens is 336 g/mol. The highest BCUT2D eigenvalue weighted by Gasteiger charge is 2.08. The number of carbonyl (C=O) groups excluding carboxylic acids is 2. The summed E-state index contributed by atoms with van der Waals surface area (Å²) in [5, 5.41) is 7.73. The SMILES string of the molecule is O=C(CNC(=O)Cc1cccc2ccccc12)NCCCc1ccccc1. The first kappa shape index (κ1) is 18.6. The lowest BCUT2D eigenvalue weighted by Gasteiger charge is -2.09. The van der Waals surface area contributed by atoms with Crippen LogP contribution in [-0.4, -0.2) is 24.9 Å². The summed E-state index contributed by atoms with van der Waals surface area (Å²) in [4.78, 5) is 24.1. The lowest BCUT2D eigenvalue weighted by molar-refractivity contribution is -0.125. The average molecular weight is 360 g/mol. The molecule has 0 aliphatic rings. The molecule has 3 rings (SSSR count). The number of hydrogen-bond donors (Lipinski definition) is 2. The number of rotatable bonds is 8. The summed E-state index contributed by atoms with van der Waals surface area (Å²) >= 11 is 0. The van der Waals surface area contributed by atoms with Crippen LogP contribution in [0.15, 0.2) is 72.8 Å². The predicted octanol–water partition coefficient (Wildman–Crippen LogP) is 3.25. The van der Waals surface area contributed by atoms with Crippen molar-refractivity contribution in [2.24, 2.45) is 0 Å². The zero-order chi connectivity index (χ0) is 18.9. The maximum absolute atomic E-state index is 12.2. The lowest BCUT2D eigenvalue weighted by Crippen LogP contribution is -2.38. The molecule has 0 aromatic heterocycles. The van der Waals surface area contributed by atoms with Gasteiger partial charge in [-0.15, -0.1) is 0 Å². The molecule has 0 fully saturated rings. The minimum absolute atomic E-state index is 0.00887. The fourth-order valence-corrected chi connectivity index (χ4v) is 3.09. The Hall–Kier alpha value is -3.14. The first-order chi connectivity index (χ1) is 13.2.